The van der Waals surface area contributed by atoms with Crippen LogP contribution in [-0.2, 0) is 10.0 Å². The van der Waals surface area contributed by atoms with Crippen LogP contribution >= 0.6 is 11.8 Å². The molecule has 0 aliphatic carbocycles. The van der Waals surface area contributed by atoms with Crippen LogP contribution in [0, 0.1) is 0 Å². The van der Waals surface area contributed by atoms with Gasteiger partial charge in [0.15, 0.2) is 0 Å². The van der Waals surface area contributed by atoms with Gasteiger partial charge in [0.05, 0.1) is 0 Å². The maximum absolute atomic E-state index is 12.4. The lowest BCUT2D eigenvalue weighted by atomic mass is 10.2. The molecule has 1 fully saturated rings. The fraction of sp³-hybridized carbons (Fsp3) is 0.385. The highest BCUT2D eigenvalue weighted by Gasteiger charge is 2.22. The van der Waals surface area contributed by atoms with Gasteiger partial charge in [-0.25, -0.2) is 13.1 Å². The Balaban J connectivity index is 1.86. The molecule has 0 bridgehead atoms. The van der Waals surface area contributed by atoms with Crippen LogP contribution in [0.25, 0.3) is 10.9 Å². The van der Waals surface area contributed by atoms with E-state index in [4.69, 9.17) is 5.73 Å². The molecule has 2 heterocycles. The molecule has 1 saturated heterocycles. The van der Waals surface area contributed by atoms with Crippen molar-refractivity contribution in [1.82, 2.24) is 9.71 Å². The molecule has 0 spiro atoms. The van der Waals surface area contributed by atoms with E-state index in [9.17, 15) is 8.42 Å². The van der Waals surface area contributed by atoms with Crippen LogP contribution in [0.2, 0.25) is 0 Å². The lowest BCUT2D eigenvalue weighted by Crippen LogP contribution is -2.29. The van der Waals surface area contributed by atoms with Crippen molar-refractivity contribution in [3.05, 3.63) is 24.4 Å². The number of thioether (sulfide) groups is 1. The standard InChI is InChI=1S/C13H17N3O2S2/c14-9-3-4-12-11(6-9)13(8-15-12)20(17,18)16-7-10-2-1-5-19-10/h3-4,6,8,10,15-16H,1-2,5,7,14H2. The Morgan fingerprint density at radius 1 is 1.45 bits per heavy atom. The molecule has 7 heteroatoms. The molecule has 1 unspecified atom stereocenters. The Bertz CT molecular complexity index is 718. The first kappa shape index (κ1) is 13.8. The summed E-state index contributed by atoms with van der Waals surface area (Å²) in [5.41, 5.74) is 7.06. The topological polar surface area (TPSA) is 88.0 Å². The molecule has 0 radical (unpaired) electrons. The monoisotopic (exact) mass is 311 g/mol. The number of aromatic amines is 1. The normalized spacial score (nSPS) is 19.7. The second kappa shape index (κ2) is 5.31. The fourth-order valence-corrected chi connectivity index (χ4v) is 4.98. The number of nitrogens with one attached hydrogen (secondary N) is 2. The average molecular weight is 311 g/mol. The zero-order valence-electron chi connectivity index (χ0n) is 10.9. The van der Waals surface area contributed by atoms with Gasteiger partial charge in [-0.15, -0.1) is 0 Å². The van der Waals surface area contributed by atoms with Gasteiger partial charge in [0, 0.05) is 34.6 Å². The molecule has 0 saturated carbocycles. The van der Waals surface area contributed by atoms with E-state index in [1.807, 2.05) is 11.8 Å². The molecular formula is C13H17N3O2S2. The van der Waals surface area contributed by atoms with Gasteiger partial charge < -0.3 is 10.7 Å². The van der Waals surface area contributed by atoms with Gasteiger partial charge in [-0.2, -0.15) is 11.8 Å². The predicted octanol–water partition coefficient (Wildman–Crippen LogP) is 1.92. The summed E-state index contributed by atoms with van der Waals surface area (Å²) in [6.45, 7) is 0.488. The zero-order valence-corrected chi connectivity index (χ0v) is 12.6. The Morgan fingerprint density at radius 2 is 2.30 bits per heavy atom. The van der Waals surface area contributed by atoms with Crippen molar-refractivity contribution in [2.45, 2.75) is 23.0 Å². The molecule has 2 aromatic rings. The number of fused-ring (bicyclic) bond motifs is 1. The molecule has 4 N–H and O–H groups in total. The quantitative estimate of drug-likeness (QED) is 0.753. The SMILES string of the molecule is Nc1ccc2[nH]cc(S(=O)(=O)NCC3CCCS3)c2c1. The van der Waals surface area contributed by atoms with Gasteiger partial charge in [-0.05, 0) is 36.8 Å². The number of rotatable bonds is 4. The van der Waals surface area contributed by atoms with Crippen molar-refractivity contribution in [2.75, 3.05) is 18.0 Å². The number of aromatic nitrogens is 1. The van der Waals surface area contributed by atoms with Crippen molar-refractivity contribution in [2.24, 2.45) is 0 Å². The van der Waals surface area contributed by atoms with Gasteiger partial charge in [0.2, 0.25) is 10.0 Å². The summed E-state index contributed by atoms with van der Waals surface area (Å²) >= 11 is 1.83. The number of hydrogen-bond acceptors (Lipinski definition) is 4. The number of anilines is 1. The Morgan fingerprint density at radius 3 is 3.05 bits per heavy atom. The Kier molecular flexibility index (Phi) is 3.66. The van der Waals surface area contributed by atoms with Crippen LogP contribution in [0.5, 0.6) is 0 Å². The van der Waals surface area contributed by atoms with E-state index in [0.717, 1.165) is 17.7 Å². The summed E-state index contributed by atoms with van der Waals surface area (Å²) in [7, 11) is -3.50. The smallest absolute Gasteiger partial charge is 0.242 e. The minimum Gasteiger partial charge on any atom is -0.399 e. The lowest BCUT2D eigenvalue weighted by molar-refractivity contribution is 0.580. The molecule has 1 aromatic heterocycles. The molecule has 20 heavy (non-hydrogen) atoms. The molecule has 1 aromatic carbocycles. The molecule has 1 aliphatic rings. The highest BCUT2D eigenvalue weighted by molar-refractivity contribution is 8.00. The number of nitrogen functional groups attached to an aromatic ring is 1. The van der Waals surface area contributed by atoms with E-state index in [1.165, 1.54) is 12.6 Å². The first-order valence-corrected chi connectivity index (χ1v) is 9.07. The van der Waals surface area contributed by atoms with Crippen molar-refractivity contribution in [3.8, 4) is 0 Å². The van der Waals surface area contributed by atoms with Crippen molar-refractivity contribution in [3.63, 3.8) is 0 Å². The Hall–Kier alpha value is -1.18. The highest BCUT2D eigenvalue weighted by Crippen LogP contribution is 2.27. The van der Waals surface area contributed by atoms with E-state index in [0.29, 0.717) is 22.9 Å². The van der Waals surface area contributed by atoms with Crippen molar-refractivity contribution in [1.29, 1.82) is 0 Å². The van der Waals surface area contributed by atoms with Gasteiger partial charge >= 0.3 is 0 Å². The number of hydrogen-bond donors (Lipinski definition) is 3. The average Bonchev–Trinajstić information content (AvgIpc) is 3.05. The van der Waals surface area contributed by atoms with E-state index in [1.54, 1.807) is 18.2 Å². The lowest BCUT2D eigenvalue weighted by Gasteiger charge is -2.10. The third-order valence-corrected chi connectivity index (χ3v) is 6.34. The van der Waals surface area contributed by atoms with Crippen LogP contribution in [0.4, 0.5) is 5.69 Å². The second-order valence-corrected chi connectivity index (χ2v) is 8.09. The summed E-state index contributed by atoms with van der Waals surface area (Å²) in [5.74, 6) is 1.12. The first-order valence-electron chi connectivity index (χ1n) is 6.54. The van der Waals surface area contributed by atoms with Crippen LogP contribution in [0.15, 0.2) is 29.3 Å². The van der Waals surface area contributed by atoms with Crippen molar-refractivity contribution >= 4 is 38.4 Å². The summed E-state index contributed by atoms with van der Waals surface area (Å²) in [6, 6.07) is 5.22. The van der Waals surface area contributed by atoms with E-state index >= 15 is 0 Å². The molecule has 1 atom stereocenters. The van der Waals surface area contributed by atoms with Gasteiger partial charge in [-0.1, -0.05) is 0 Å². The minimum atomic E-state index is -3.50. The largest absolute Gasteiger partial charge is 0.399 e. The summed E-state index contributed by atoms with van der Waals surface area (Å²) in [5, 5.41) is 1.02. The minimum absolute atomic E-state index is 0.266. The Labute approximate surface area is 122 Å². The number of nitrogens with two attached hydrogens (primary N) is 1. The fourth-order valence-electron chi connectivity index (χ4n) is 2.42. The van der Waals surface area contributed by atoms with Gasteiger partial charge in [-0.3, -0.25) is 0 Å². The van der Waals surface area contributed by atoms with Gasteiger partial charge in [0.25, 0.3) is 0 Å². The first-order chi connectivity index (χ1) is 9.56. The zero-order chi connectivity index (χ0) is 14.2. The summed E-state index contributed by atoms with van der Waals surface area (Å²) < 4.78 is 27.5. The number of sulfonamides is 1. The third kappa shape index (κ3) is 2.65. The molecule has 0 amide bonds. The summed E-state index contributed by atoms with van der Waals surface area (Å²) in [4.78, 5) is 3.24. The molecule has 5 nitrogen and oxygen atoms in total. The maximum atomic E-state index is 12.4. The molecule has 108 valence electrons. The summed E-state index contributed by atoms with van der Waals surface area (Å²) in [6.07, 6.45) is 3.77. The highest BCUT2D eigenvalue weighted by atomic mass is 32.2. The number of H-pyrrole nitrogens is 1. The van der Waals surface area contributed by atoms with E-state index in [-0.39, 0.29) is 4.90 Å². The van der Waals surface area contributed by atoms with Crippen molar-refractivity contribution < 1.29 is 8.42 Å². The predicted molar refractivity (Wildman–Crippen MR) is 83.4 cm³/mol. The van der Waals surface area contributed by atoms with Crippen LogP contribution < -0.4 is 10.5 Å². The maximum Gasteiger partial charge on any atom is 0.242 e. The molecule has 1 aliphatic heterocycles. The van der Waals surface area contributed by atoms with E-state index in [2.05, 4.69) is 9.71 Å². The second-order valence-electron chi connectivity index (χ2n) is 4.94. The number of benzene rings is 1. The molecular weight excluding hydrogens is 294 g/mol. The third-order valence-electron chi connectivity index (χ3n) is 3.48. The van der Waals surface area contributed by atoms with Crippen LogP contribution in [0.3, 0.4) is 0 Å². The van der Waals surface area contributed by atoms with Gasteiger partial charge in [0.1, 0.15) is 4.90 Å². The van der Waals surface area contributed by atoms with E-state index < -0.39 is 10.0 Å². The molecule has 3 rings (SSSR count). The van der Waals surface area contributed by atoms with Crippen LogP contribution in [0.1, 0.15) is 12.8 Å². The van der Waals surface area contributed by atoms with Crippen LogP contribution in [-0.4, -0.2) is 30.9 Å².